The van der Waals surface area contributed by atoms with Crippen molar-refractivity contribution < 1.29 is 5.21 Å². The quantitative estimate of drug-likeness (QED) is 0.333. The second-order valence-electron chi connectivity index (χ2n) is 3.99. The lowest BCUT2D eigenvalue weighted by Gasteiger charge is -2.17. The Kier molecular flexibility index (Phi) is 3.58. The van der Waals surface area contributed by atoms with Gasteiger partial charge in [-0.15, -0.1) is 0 Å². The van der Waals surface area contributed by atoms with Gasteiger partial charge < -0.3 is 5.21 Å². The van der Waals surface area contributed by atoms with Gasteiger partial charge in [-0.2, -0.15) is 0 Å². The highest BCUT2D eigenvalue weighted by Gasteiger charge is 2.16. The molecule has 2 nitrogen and oxygen atoms in total. The first-order chi connectivity index (χ1) is 6.53. The average Bonchev–Trinajstić information content (AvgIpc) is 2.14. The van der Waals surface area contributed by atoms with E-state index < -0.39 is 0 Å². The number of nitrogens with zero attached hydrogens (tertiary/aromatic N) is 1. The maximum absolute atomic E-state index is 8.91. The van der Waals surface area contributed by atoms with Gasteiger partial charge in [-0.05, 0) is 0 Å². The van der Waals surface area contributed by atoms with Crippen LogP contribution in [0.25, 0.3) is 0 Å². The van der Waals surface area contributed by atoms with Crippen molar-refractivity contribution in [2.24, 2.45) is 5.16 Å². The third kappa shape index (κ3) is 3.42. The molecule has 0 fully saturated rings. The molecule has 0 aromatic heterocycles. The molecule has 0 aliphatic heterocycles. The summed E-state index contributed by atoms with van der Waals surface area (Å²) in [7, 11) is 0. The van der Waals surface area contributed by atoms with E-state index in [-0.39, 0.29) is 4.75 Å². The standard InChI is InChI=1S/C11H15NOS/c1-11(2,3)14-10(12-13)9-7-5-4-6-8-9/h4-8,13H,1-3H3/b12-10+. The van der Waals surface area contributed by atoms with Gasteiger partial charge in [-0.1, -0.05) is 68.0 Å². The number of oxime groups is 1. The third-order valence-electron chi connectivity index (χ3n) is 1.51. The third-order valence-corrected chi connectivity index (χ3v) is 2.64. The fraction of sp³-hybridized carbons (Fsp3) is 0.364. The van der Waals surface area contributed by atoms with Gasteiger partial charge in [0.15, 0.2) is 0 Å². The maximum atomic E-state index is 8.91. The van der Waals surface area contributed by atoms with E-state index in [2.05, 4.69) is 25.9 Å². The molecule has 0 saturated carbocycles. The summed E-state index contributed by atoms with van der Waals surface area (Å²) in [6, 6.07) is 9.69. The molecule has 0 heterocycles. The molecule has 14 heavy (non-hydrogen) atoms. The van der Waals surface area contributed by atoms with Crippen molar-refractivity contribution in [2.45, 2.75) is 25.5 Å². The summed E-state index contributed by atoms with van der Waals surface area (Å²) in [6.45, 7) is 6.27. The largest absolute Gasteiger partial charge is 0.410 e. The fourth-order valence-corrected chi connectivity index (χ4v) is 1.88. The van der Waals surface area contributed by atoms with Crippen LogP contribution in [0.15, 0.2) is 35.5 Å². The number of thioether (sulfide) groups is 1. The topological polar surface area (TPSA) is 32.6 Å². The molecule has 0 saturated heterocycles. The predicted molar refractivity (Wildman–Crippen MR) is 62.1 cm³/mol. The average molecular weight is 209 g/mol. The van der Waals surface area contributed by atoms with Crippen LogP contribution in [0.2, 0.25) is 0 Å². The first kappa shape index (κ1) is 11.1. The van der Waals surface area contributed by atoms with Crippen LogP contribution in [0.3, 0.4) is 0 Å². The van der Waals surface area contributed by atoms with Crippen molar-refractivity contribution in [1.29, 1.82) is 0 Å². The van der Waals surface area contributed by atoms with Crippen LogP contribution >= 0.6 is 11.8 Å². The van der Waals surface area contributed by atoms with E-state index in [4.69, 9.17) is 5.21 Å². The Morgan fingerprint density at radius 2 is 1.79 bits per heavy atom. The summed E-state index contributed by atoms with van der Waals surface area (Å²) < 4.78 is 0.0530. The van der Waals surface area contributed by atoms with Gasteiger partial charge in [-0.25, -0.2) is 0 Å². The molecule has 1 aromatic carbocycles. The second-order valence-corrected chi connectivity index (χ2v) is 5.80. The minimum absolute atomic E-state index is 0.0530. The van der Waals surface area contributed by atoms with E-state index in [1.807, 2.05) is 30.3 Å². The molecular formula is C11H15NOS. The molecule has 1 aromatic rings. The highest BCUT2D eigenvalue weighted by Crippen LogP contribution is 2.27. The lowest BCUT2D eigenvalue weighted by atomic mass is 10.2. The summed E-state index contributed by atoms with van der Waals surface area (Å²) in [5, 5.41) is 12.9. The number of benzene rings is 1. The first-order valence-electron chi connectivity index (χ1n) is 4.49. The Hall–Kier alpha value is -0.960. The highest BCUT2D eigenvalue weighted by atomic mass is 32.2. The molecule has 0 aliphatic carbocycles. The zero-order chi connectivity index (χ0) is 10.6. The summed E-state index contributed by atoms with van der Waals surface area (Å²) in [5.74, 6) is 0. The van der Waals surface area contributed by atoms with Crippen molar-refractivity contribution in [2.75, 3.05) is 0 Å². The molecule has 1 rings (SSSR count). The molecule has 0 unspecified atom stereocenters. The van der Waals surface area contributed by atoms with Crippen molar-refractivity contribution in [1.82, 2.24) is 0 Å². The molecule has 1 N–H and O–H groups in total. The van der Waals surface area contributed by atoms with E-state index >= 15 is 0 Å². The van der Waals surface area contributed by atoms with Gasteiger partial charge in [0.25, 0.3) is 0 Å². The van der Waals surface area contributed by atoms with Crippen LogP contribution in [0, 0.1) is 0 Å². The zero-order valence-electron chi connectivity index (χ0n) is 8.69. The van der Waals surface area contributed by atoms with E-state index in [1.54, 1.807) is 11.8 Å². The number of hydrogen-bond donors (Lipinski definition) is 1. The summed E-state index contributed by atoms with van der Waals surface area (Å²) in [4.78, 5) is 0. The molecule has 0 spiro atoms. The zero-order valence-corrected chi connectivity index (χ0v) is 9.51. The lowest BCUT2D eigenvalue weighted by Crippen LogP contribution is -2.12. The maximum Gasteiger partial charge on any atom is 0.143 e. The number of rotatable bonds is 1. The molecule has 3 heteroatoms. The van der Waals surface area contributed by atoms with Crippen molar-refractivity contribution >= 4 is 16.8 Å². The molecule has 0 atom stereocenters. The van der Waals surface area contributed by atoms with Crippen molar-refractivity contribution in [3.05, 3.63) is 35.9 Å². The van der Waals surface area contributed by atoms with Gasteiger partial charge in [0, 0.05) is 10.3 Å². The highest BCUT2D eigenvalue weighted by molar-refractivity contribution is 8.15. The smallest absolute Gasteiger partial charge is 0.143 e. The first-order valence-corrected chi connectivity index (χ1v) is 5.31. The Morgan fingerprint density at radius 3 is 2.21 bits per heavy atom. The molecule has 0 amide bonds. The van der Waals surface area contributed by atoms with Gasteiger partial charge >= 0.3 is 0 Å². The monoisotopic (exact) mass is 209 g/mol. The molecular weight excluding hydrogens is 194 g/mol. The second kappa shape index (κ2) is 4.51. The van der Waals surface area contributed by atoms with Gasteiger partial charge in [0.2, 0.25) is 0 Å². The van der Waals surface area contributed by atoms with Gasteiger partial charge in [0.05, 0.1) is 0 Å². The Morgan fingerprint density at radius 1 is 1.21 bits per heavy atom. The van der Waals surface area contributed by atoms with Crippen LogP contribution in [-0.2, 0) is 0 Å². The summed E-state index contributed by atoms with van der Waals surface area (Å²) in [6.07, 6.45) is 0. The van der Waals surface area contributed by atoms with Crippen molar-refractivity contribution in [3.63, 3.8) is 0 Å². The SMILES string of the molecule is CC(C)(C)S/C(=N/O)c1ccccc1. The minimum atomic E-state index is 0.0530. The lowest BCUT2D eigenvalue weighted by molar-refractivity contribution is 0.321. The minimum Gasteiger partial charge on any atom is -0.410 e. The Bertz CT molecular complexity index is 314. The van der Waals surface area contributed by atoms with Crippen LogP contribution in [0.5, 0.6) is 0 Å². The van der Waals surface area contributed by atoms with Crippen molar-refractivity contribution in [3.8, 4) is 0 Å². The Balaban J connectivity index is 2.85. The molecule has 0 bridgehead atoms. The van der Waals surface area contributed by atoms with Crippen LogP contribution in [-0.4, -0.2) is 15.0 Å². The summed E-state index contributed by atoms with van der Waals surface area (Å²) >= 11 is 1.55. The van der Waals surface area contributed by atoms with Crippen LogP contribution in [0.1, 0.15) is 26.3 Å². The summed E-state index contributed by atoms with van der Waals surface area (Å²) in [5.41, 5.74) is 0.954. The van der Waals surface area contributed by atoms with E-state index in [0.29, 0.717) is 5.04 Å². The van der Waals surface area contributed by atoms with Crippen LogP contribution in [0.4, 0.5) is 0 Å². The van der Waals surface area contributed by atoms with E-state index in [0.717, 1.165) is 5.56 Å². The fourth-order valence-electron chi connectivity index (χ4n) is 1.01. The number of hydrogen-bond acceptors (Lipinski definition) is 3. The molecule has 0 radical (unpaired) electrons. The molecule has 0 aliphatic rings. The predicted octanol–water partition coefficient (Wildman–Crippen LogP) is 3.35. The normalized spacial score (nSPS) is 12.9. The van der Waals surface area contributed by atoms with Gasteiger partial charge in [-0.3, -0.25) is 0 Å². The molecule has 76 valence electrons. The van der Waals surface area contributed by atoms with E-state index in [1.165, 1.54) is 0 Å². The van der Waals surface area contributed by atoms with E-state index in [9.17, 15) is 0 Å². The Labute approximate surface area is 89.0 Å². The van der Waals surface area contributed by atoms with Crippen LogP contribution < -0.4 is 0 Å². The van der Waals surface area contributed by atoms with Gasteiger partial charge in [0.1, 0.15) is 5.04 Å².